The van der Waals surface area contributed by atoms with Gasteiger partial charge in [0.1, 0.15) is 11.5 Å². The lowest BCUT2D eigenvalue weighted by molar-refractivity contribution is 0.0867. The van der Waals surface area contributed by atoms with Crippen molar-refractivity contribution in [2.24, 2.45) is 5.92 Å². The number of nitrogens with zero attached hydrogens (tertiary/aromatic N) is 1. The van der Waals surface area contributed by atoms with E-state index in [4.69, 9.17) is 0 Å². The summed E-state index contributed by atoms with van der Waals surface area (Å²) in [6.45, 7) is 3.95. The fraction of sp³-hybridized carbons (Fsp3) is 0.375. The van der Waals surface area contributed by atoms with Crippen molar-refractivity contribution < 1.29 is 14.3 Å². The zero-order valence-electron chi connectivity index (χ0n) is 12.5. The Labute approximate surface area is 133 Å². The van der Waals surface area contributed by atoms with Crippen LogP contribution in [-0.4, -0.2) is 28.6 Å². The van der Waals surface area contributed by atoms with Crippen LogP contribution in [0.25, 0.3) is 0 Å². The predicted octanol–water partition coefficient (Wildman–Crippen LogP) is 2.62. The maximum absolute atomic E-state index is 13.6. The van der Waals surface area contributed by atoms with Gasteiger partial charge in [0.2, 0.25) is 0 Å². The van der Waals surface area contributed by atoms with Crippen LogP contribution >= 0.6 is 11.3 Å². The quantitative estimate of drug-likeness (QED) is 0.859. The van der Waals surface area contributed by atoms with E-state index in [1.165, 1.54) is 17.4 Å². The highest BCUT2D eigenvalue weighted by atomic mass is 32.1. The number of benzene rings is 1. The number of carbonyl (C=O) groups excluding carboxylic acids is 1. The lowest BCUT2D eigenvalue weighted by Gasteiger charge is -2.14. The standard InChI is InChI=1S/C16H19FN2O2S/c1-10(2)14(20)8-18-16(21)13-9-22-15(19-13)7-11-5-3-4-6-12(11)17/h3-6,9-10,14,20H,7-8H2,1-2H3,(H,18,21). The SMILES string of the molecule is CC(C)C(O)CNC(=O)c1csc(Cc2ccccc2F)n1. The van der Waals surface area contributed by atoms with Crippen LogP contribution in [0.3, 0.4) is 0 Å². The number of carbonyl (C=O) groups is 1. The molecule has 2 aromatic rings. The van der Waals surface area contributed by atoms with Gasteiger partial charge >= 0.3 is 0 Å². The molecule has 1 aromatic carbocycles. The minimum Gasteiger partial charge on any atom is -0.391 e. The van der Waals surface area contributed by atoms with Crippen LogP contribution in [0.15, 0.2) is 29.6 Å². The van der Waals surface area contributed by atoms with Crippen molar-refractivity contribution in [2.75, 3.05) is 6.54 Å². The third-order valence-corrected chi connectivity index (χ3v) is 4.17. The van der Waals surface area contributed by atoms with Gasteiger partial charge < -0.3 is 10.4 Å². The zero-order valence-corrected chi connectivity index (χ0v) is 13.4. The number of halogens is 1. The second-order valence-corrected chi connectivity index (χ2v) is 6.36. The molecule has 0 saturated heterocycles. The number of hydrogen-bond acceptors (Lipinski definition) is 4. The van der Waals surface area contributed by atoms with E-state index in [-0.39, 0.29) is 24.2 Å². The van der Waals surface area contributed by atoms with Gasteiger partial charge in [0, 0.05) is 18.3 Å². The smallest absolute Gasteiger partial charge is 0.270 e. The van der Waals surface area contributed by atoms with Gasteiger partial charge in [-0.05, 0) is 17.5 Å². The molecule has 1 aromatic heterocycles. The number of hydrogen-bond donors (Lipinski definition) is 2. The molecule has 118 valence electrons. The van der Waals surface area contributed by atoms with Crippen LogP contribution in [-0.2, 0) is 6.42 Å². The third kappa shape index (κ3) is 4.35. The molecule has 2 rings (SSSR count). The predicted molar refractivity (Wildman–Crippen MR) is 84.5 cm³/mol. The molecule has 0 fully saturated rings. The number of aliphatic hydroxyl groups excluding tert-OH is 1. The minimum absolute atomic E-state index is 0.0763. The van der Waals surface area contributed by atoms with Gasteiger partial charge in [0.05, 0.1) is 11.1 Å². The Morgan fingerprint density at radius 2 is 2.14 bits per heavy atom. The molecule has 2 N–H and O–H groups in total. The summed E-state index contributed by atoms with van der Waals surface area (Å²) in [6.07, 6.45) is -0.223. The van der Waals surface area contributed by atoms with Crippen LogP contribution in [0.1, 0.15) is 34.9 Å². The number of rotatable bonds is 6. The maximum atomic E-state index is 13.6. The Morgan fingerprint density at radius 3 is 2.82 bits per heavy atom. The molecule has 1 heterocycles. The van der Waals surface area contributed by atoms with Gasteiger partial charge in [0.25, 0.3) is 5.91 Å². The lowest BCUT2D eigenvalue weighted by atomic mass is 10.1. The van der Waals surface area contributed by atoms with Crippen molar-refractivity contribution in [3.63, 3.8) is 0 Å². The third-order valence-electron chi connectivity index (χ3n) is 3.33. The molecule has 0 aliphatic rings. The molecule has 0 bridgehead atoms. The van der Waals surface area contributed by atoms with E-state index in [0.29, 0.717) is 22.7 Å². The topological polar surface area (TPSA) is 62.2 Å². The first kappa shape index (κ1) is 16.6. The van der Waals surface area contributed by atoms with E-state index in [1.807, 2.05) is 13.8 Å². The largest absolute Gasteiger partial charge is 0.391 e. The average Bonchev–Trinajstić information content (AvgIpc) is 2.95. The first-order chi connectivity index (χ1) is 10.5. The normalized spacial score (nSPS) is 12.4. The molecular weight excluding hydrogens is 303 g/mol. The molecular formula is C16H19FN2O2S. The van der Waals surface area contributed by atoms with Crippen LogP contribution in [0.2, 0.25) is 0 Å². The first-order valence-electron chi connectivity index (χ1n) is 7.11. The summed E-state index contributed by atoms with van der Waals surface area (Å²) < 4.78 is 13.6. The summed E-state index contributed by atoms with van der Waals surface area (Å²) in [7, 11) is 0. The van der Waals surface area contributed by atoms with Crippen LogP contribution in [0, 0.1) is 11.7 Å². The average molecular weight is 322 g/mol. The molecule has 6 heteroatoms. The van der Waals surface area contributed by atoms with E-state index in [9.17, 15) is 14.3 Å². The zero-order chi connectivity index (χ0) is 16.1. The number of amides is 1. The Hall–Kier alpha value is -1.79. The monoisotopic (exact) mass is 322 g/mol. The Bertz CT molecular complexity index is 643. The Kier molecular flexibility index (Phi) is 5.63. The van der Waals surface area contributed by atoms with Crippen molar-refractivity contribution in [3.05, 3.63) is 51.7 Å². The number of nitrogens with one attached hydrogen (secondary N) is 1. The Morgan fingerprint density at radius 1 is 1.41 bits per heavy atom. The first-order valence-corrected chi connectivity index (χ1v) is 7.99. The minimum atomic E-state index is -0.583. The van der Waals surface area contributed by atoms with Gasteiger partial charge in [-0.15, -0.1) is 11.3 Å². The molecule has 22 heavy (non-hydrogen) atoms. The molecule has 0 saturated carbocycles. The molecule has 0 radical (unpaired) electrons. The summed E-state index contributed by atoms with van der Waals surface area (Å²) in [5.41, 5.74) is 0.853. The highest BCUT2D eigenvalue weighted by Gasteiger charge is 2.15. The summed E-state index contributed by atoms with van der Waals surface area (Å²) in [4.78, 5) is 16.2. The van der Waals surface area contributed by atoms with Gasteiger partial charge in [-0.25, -0.2) is 9.37 Å². The van der Waals surface area contributed by atoms with E-state index in [0.717, 1.165) is 0 Å². The van der Waals surface area contributed by atoms with E-state index in [2.05, 4.69) is 10.3 Å². The Balaban J connectivity index is 1.96. The summed E-state index contributed by atoms with van der Waals surface area (Å²) >= 11 is 1.32. The summed E-state index contributed by atoms with van der Waals surface area (Å²) in [6, 6.07) is 6.52. The molecule has 4 nitrogen and oxygen atoms in total. The summed E-state index contributed by atoms with van der Waals surface area (Å²) in [5.74, 6) is -0.521. The van der Waals surface area contributed by atoms with Crippen molar-refractivity contribution in [1.82, 2.24) is 10.3 Å². The fourth-order valence-electron chi connectivity index (χ4n) is 1.82. The number of aliphatic hydroxyl groups is 1. The molecule has 0 spiro atoms. The van der Waals surface area contributed by atoms with Crippen LogP contribution < -0.4 is 5.32 Å². The van der Waals surface area contributed by atoms with Crippen LogP contribution in [0.4, 0.5) is 4.39 Å². The molecule has 0 aliphatic heterocycles. The van der Waals surface area contributed by atoms with E-state index in [1.54, 1.807) is 23.6 Å². The van der Waals surface area contributed by atoms with Gasteiger partial charge in [-0.3, -0.25) is 4.79 Å². The van der Waals surface area contributed by atoms with E-state index < -0.39 is 6.10 Å². The van der Waals surface area contributed by atoms with Gasteiger partial charge in [0.15, 0.2) is 0 Å². The highest BCUT2D eigenvalue weighted by molar-refractivity contribution is 7.09. The number of thiazole rings is 1. The van der Waals surface area contributed by atoms with Gasteiger partial charge in [-0.1, -0.05) is 32.0 Å². The van der Waals surface area contributed by atoms with Crippen molar-refractivity contribution >= 4 is 17.2 Å². The van der Waals surface area contributed by atoms with Crippen molar-refractivity contribution in [3.8, 4) is 0 Å². The second-order valence-electron chi connectivity index (χ2n) is 5.42. The number of aromatic nitrogens is 1. The highest BCUT2D eigenvalue weighted by Crippen LogP contribution is 2.17. The van der Waals surface area contributed by atoms with E-state index >= 15 is 0 Å². The molecule has 0 aliphatic carbocycles. The van der Waals surface area contributed by atoms with Gasteiger partial charge in [-0.2, -0.15) is 0 Å². The fourth-order valence-corrected chi connectivity index (χ4v) is 2.62. The molecule has 1 amide bonds. The van der Waals surface area contributed by atoms with Crippen molar-refractivity contribution in [1.29, 1.82) is 0 Å². The van der Waals surface area contributed by atoms with Crippen molar-refractivity contribution in [2.45, 2.75) is 26.4 Å². The summed E-state index contributed by atoms with van der Waals surface area (Å²) in [5, 5.41) is 14.7. The van der Waals surface area contributed by atoms with Crippen LogP contribution in [0.5, 0.6) is 0 Å². The molecule has 1 unspecified atom stereocenters. The molecule has 1 atom stereocenters. The maximum Gasteiger partial charge on any atom is 0.270 e. The lowest BCUT2D eigenvalue weighted by Crippen LogP contribution is -2.34. The second kappa shape index (κ2) is 7.47.